The average Bonchev–Trinajstić information content (AvgIpc) is 2.84. The molecule has 0 spiro atoms. The van der Waals surface area contributed by atoms with Crippen molar-refractivity contribution in [3.63, 3.8) is 0 Å². The number of fused-ring (bicyclic) bond motifs is 1. The molecule has 0 N–H and O–H groups in total. The van der Waals surface area contributed by atoms with Crippen molar-refractivity contribution in [3.05, 3.63) is 45.5 Å². The van der Waals surface area contributed by atoms with E-state index >= 15 is 0 Å². The molecular weight excluding hydrogens is 331 g/mol. The number of nitrogens with zero attached hydrogens (tertiary/aromatic N) is 2. The van der Waals surface area contributed by atoms with Crippen LogP contribution in [0.2, 0.25) is 10.3 Å². The van der Waals surface area contributed by atoms with Crippen LogP contribution in [-0.4, -0.2) is 9.97 Å². The molecule has 2 aromatic heterocycles. The molecule has 0 saturated carbocycles. The first-order valence-corrected chi connectivity index (χ1v) is 8.44. The average molecular weight is 341 g/mol. The van der Waals surface area contributed by atoms with E-state index in [1.54, 1.807) is 23.1 Å². The van der Waals surface area contributed by atoms with Crippen LogP contribution in [-0.2, 0) is 6.42 Å². The van der Waals surface area contributed by atoms with Crippen LogP contribution in [0.3, 0.4) is 0 Å². The van der Waals surface area contributed by atoms with Gasteiger partial charge in [-0.2, -0.15) is 0 Å². The van der Waals surface area contributed by atoms with Crippen molar-refractivity contribution < 1.29 is 0 Å². The molecule has 0 aliphatic carbocycles. The lowest BCUT2D eigenvalue weighted by Gasteiger charge is -2.03. The molecule has 2 heterocycles. The van der Waals surface area contributed by atoms with Crippen LogP contribution in [0.5, 0.6) is 0 Å². The van der Waals surface area contributed by atoms with E-state index in [4.69, 9.17) is 23.2 Å². The van der Waals surface area contributed by atoms with Crippen LogP contribution < -0.4 is 0 Å². The number of aryl methyl sites for hydroxylation is 1. The standard InChI is InChI=1S/C14H10Cl2N2S2/c1-2-9-7-11-12(19-9)17-14(16)18-13(11)20-10-5-3-8(15)4-6-10/h3-7H,2H2,1H3. The Morgan fingerprint density at radius 3 is 2.60 bits per heavy atom. The van der Waals surface area contributed by atoms with Crippen LogP contribution in [0.1, 0.15) is 11.8 Å². The van der Waals surface area contributed by atoms with Gasteiger partial charge in [-0.15, -0.1) is 11.3 Å². The second-order valence-electron chi connectivity index (χ2n) is 4.14. The predicted octanol–water partition coefficient (Wildman–Crippen LogP) is 5.71. The molecule has 0 bridgehead atoms. The fraction of sp³-hybridized carbons (Fsp3) is 0.143. The second-order valence-corrected chi connectivity index (χ2v) is 7.09. The van der Waals surface area contributed by atoms with Gasteiger partial charge < -0.3 is 0 Å². The topological polar surface area (TPSA) is 25.8 Å². The van der Waals surface area contributed by atoms with Crippen molar-refractivity contribution in [1.82, 2.24) is 9.97 Å². The molecular formula is C14H10Cl2N2S2. The van der Waals surface area contributed by atoms with E-state index in [2.05, 4.69) is 23.0 Å². The van der Waals surface area contributed by atoms with Gasteiger partial charge in [0.1, 0.15) is 9.86 Å². The van der Waals surface area contributed by atoms with Crippen LogP contribution >= 0.6 is 46.3 Å². The third kappa shape index (κ3) is 2.93. The highest BCUT2D eigenvalue weighted by molar-refractivity contribution is 7.99. The van der Waals surface area contributed by atoms with Gasteiger partial charge >= 0.3 is 0 Å². The number of hydrogen-bond donors (Lipinski definition) is 0. The first-order chi connectivity index (χ1) is 9.65. The number of rotatable bonds is 3. The third-order valence-corrected chi connectivity index (χ3v) is 5.36. The van der Waals surface area contributed by atoms with Crippen molar-refractivity contribution in [3.8, 4) is 0 Å². The summed E-state index contributed by atoms with van der Waals surface area (Å²) in [5.41, 5.74) is 0. The summed E-state index contributed by atoms with van der Waals surface area (Å²) in [5, 5.41) is 2.97. The Hall–Kier alpha value is -0.810. The van der Waals surface area contributed by atoms with E-state index in [0.717, 1.165) is 31.6 Å². The summed E-state index contributed by atoms with van der Waals surface area (Å²) in [4.78, 5) is 12.0. The minimum atomic E-state index is 0.290. The molecule has 3 rings (SSSR count). The number of benzene rings is 1. The van der Waals surface area contributed by atoms with Crippen LogP contribution in [0.25, 0.3) is 10.2 Å². The van der Waals surface area contributed by atoms with Crippen LogP contribution in [0.4, 0.5) is 0 Å². The largest absolute Gasteiger partial charge is 0.224 e. The fourth-order valence-corrected chi connectivity index (χ4v) is 4.11. The van der Waals surface area contributed by atoms with E-state index in [1.807, 2.05) is 24.3 Å². The monoisotopic (exact) mass is 340 g/mol. The van der Waals surface area contributed by atoms with E-state index in [0.29, 0.717) is 5.28 Å². The zero-order valence-corrected chi connectivity index (χ0v) is 13.7. The lowest BCUT2D eigenvalue weighted by Crippen LogP contribution is -1.86. The molecule has 0 atom stereocenters. The summed E-state index contributed by atoms with van der Waals surface area (Å²) in [5.74, 6) is 0. The van der Waals surface area contributed by atoms with Gasteiger partial charge in [-0.3, -0.25) is 0 Å². The molecule has 20 heavy (non-hydrogen) atoms. The highest BCUT2D eigenvalue weighted by atomic mass is 35.5. The normalized spacial score (nSPS) is 11.2. The van der Waals surface area contributed by atoms with E-state index < -0.39 is 0 Å². The van der Waals surface area contributed by atoms with Gasteiger partial charge in [0, 0.05) is 20.2 Å². The van der Waals surface area contributed by atoms with Gasteiger partial charge in [0.2, 0.25) is 5.28 Å². The Morgan fingerprint density at radius 2 is 1.90 bits per heavy atom. The van der Waals surface area contributed by atoms with Crippen molar-refractivity contribution in [2.24, 2.45) is 0 Å². The Balaban J connectivity index is 2.05. The van der Waals surface area contributed by atoms with Crippen molar-refractivity contribution in [2.45, 2.75) is 23.3 Å². The first kappa shape index (κ1) is 14.1. The summed E-state index contributed by atoms with van der Waals surface area (Å²) in [7, 11) is 0. The molecule has 0 aliphatic heterocycles. The fourth-order valence-electron chi connectivity index (χ4n) is 1.79. The molecule has 6 heteroatoms. The van der Waals surface area contributed by atoms with Crippen LogP contribution in [0.15, 0.2) is 40.3 Å². The number of halogens is 2. The molecule has 0 saturated heterocycles. The maximum Gasteiger partial charge on any atom is 0.224 e. The summed E-state index contributed by atoms with van der Waals surface area (Å²) in [6, 6.07) is 9.84. The Bertz CT molecular complexity index is 754. The Kier molecular flexibility index (Phi) is 4.17. The second kappa shape index (κ2) is 5.90. The summed E-state index contributed by atoms with van der Waals surface area (Å²) in [6.45, 7) is 2.13. The Labute approximate surface area is 135 Å². The molecule has 0 radical (unpaired) electrons. The highest BCUT2D eigenvalue weighted by Gasteiger charge is 2.11. The van der Waals surface area contributed by atoms with Gasteiger partial charge in [0.05, 0.1) is 0 Å². The van der Waals surface area contributed by atoms with Gasteiger partial charge in [0.15, 0.2) is 0 Å². The SMILES string of the molecule is CCc1cc2c(Sc3ccc(Cl)cc3)nc(Cl)nc2s1. The molecule has 0 unspecified atom stereocenters. The minimum absolute atomic E-state index is 0.290. The molecule has 1 aromatic carbocycles. The zero-order chi connectivity index (χ0) is 14.1. The van der Waals surface area contributed by atoms with Gasteiger partial charge in [-0.1, -0.05) is 30.3 Å². The molecule has 0 fully saturated rings. The smallest absolute Gasteiger partial charge is 0.210 e. The molecule has 0 aliphatic rings. The zero-order valence-electron chi connectivity index (χ0n) is 10.6. The Morgan fingerprint density at radius 1 is 1.15 bits per heavy atom. The van der Waals surface area contributed by atoms with Crippen molar-refractivity contribution in [2.75, 3.05) is 0 Å². The summed E-state index contributed by atoms with van der Waals surface area (Å²) in [6.07, 6.45) is 0.990. The van der Waals surface area contributed by atoms with E-state index in [-0.39, 0.29) is 0 Å². The lowest BCUT2D eigenvalue weighted by molar-refractivity contribution is 1.11. The molecule has 3 aromatic rings. The van der Waals surface area contributed by atoms with E-state index in [9.17, 15) is 0 Å². The van der Waals surface area contributed by atoms with Crippen molar-refractivity contribution >= 4 is 56.5 Å². The summed E-state index contributed by atoms with van der Waals surface area (Å²) < 4.78 is 0. The molecule has 102 valence electrons. The number of aromatic nitrogens is 2. The highest BCUT2D eigenvalue weighted by Crippen LogP contribution is 2.36. The first-order valence-electron chi connectivity index (χ1n) is 6.05. The summed E-state index contributed by atoms with van der Waals surface area (Å²) >= 11 is 15.2. The lowest BCUT2D eigenvalue weighted by atomic mass is 10.3. The van der Waals surface area contributed by atoms with Gasteiger partial charge in [-0.05, 0) is 48.4 Å². The maximum absolute atomic E-state index is 6.02. The minimum Gasteiger partial charge on any atom is -0.210 e. The number of thiophene rings is 1. The predicted molar refractivity (Wildman–Crippen MR) is 87.4 cm³/mol. The maximum atomic E-state index is 6.02. The quantitative estimate of drug-likeness (QED) is 0.451. The van der Waals surface area contributed by atoms with E-state index in [1.165, 1.54) is 4.88 Å². The molecule has 0 amide bonds. The molecule has 2 nitrogen and oxygen atoms in total. The van der Waals surface area contributed by atoms with Crippen molar-refractivity contribution in [1.29, 1.82) is 0 Å². The number of hydrogen-bond acceptors (Lipinski definition) is 4. The van der Waals surface area contributed by atoms with Gasteiger partial charge in [-0.25, -0.2) is 9.97 Å². The van der Waals surface area contributed by atoms with Gasteiger partial charge in [0.25, 0.3) is 0 Å². The third-order valence-electron chi connectivity index (χ3n) is 2.76. The van der Waals surface area contributed by atoms with Crippen LogP contribution in [0, 0.1) is 0 Å².